The maximum atomic E-state index is 12.9. The van der Waals surface area contributed by atoms with Gasteiger partial charge in [-0.15, -0.1) is 0 Å². The second-order valence-corrected chi connectivity index (χ2v) is 6.90. The molecule has 6 heteroatoms. The fourth-order valence-corrected chi connectivity index (χ4v) is 3.18. The SMILES string of the molecule is CCC(CC)N(CC(C)C)C(=O)c1sc(N(C)C)nc1N. The highest BCUT2D eigenvalue weighted by Gasteiger charge is 2.27. The first-order chi connectivity index (χ1) is 9.81. The lowest BCUT2D eigenvalue weighted by atomic mass is 10.1. The zero-order valence-electron chi connectivity index (χ0n) is 14.0. The molecule has 1 aromatic heterocycles. The predicted octanol–water partition coefficient (Wildman–Crippen LogP) is 3.08. The first-order valence-electron chi connectivity index (χ1n) is 7.56. The molecule has 21 heavy (non-hydrogen) atoms. The van der Waals surface area contributed by atoms with Crippen molar-refractivity contribution in [2.75, 3.05) is 31.3 Å². The predicted molar refractivity (Wildman–Crippen MR) is 91.1 cm³/mol. The Labute approximate surface area is 132 Å². The summed E-state index contributed by atoms with van der Waals surface area (Å²) in [5.74, 6) is 0.783. The third kappa shape index (κ3) is 4.33. The summed E-state index contributed by atoms with van der Waals surface area (Å²) in [6, 6.07) is 0.254. The monoisotopic (exact) mass is 312 g/mol. The number of nitrogen functional groups attached to an aromatic ring is 1. The minimum Gasteiger partial charge on any atom is -0.382 e. The van der Waals surface area contributed by atoms with Crippen LogP contribution < -0.4 is 10.6 Å². The van der Waals surface area contributed by atoms with Crippen molar-refractivity contribution in [3.05, 3.63) is 4.88 Å². The van der Waals surface area contributed by atoms with Gasteiger partial charge in [-0.05, 0) is 18.8 Å². The summed E-state index contributed by atoms with van der Waals surface area (Å²) in [4.78, 5) is 21.6. The molecule has 0 aromatic carbocycles. The van der Waals surface area contributed by atoms with E-state index >= 15 is 0 Å². The third-order valence-electron chi connectivity index (χ3n) is 3.42. The molecule has 0 saturated heterocycles. The average molecular weight is 312 g/mol. The Morgan fingerprint density at radius 2 is 1.86 bits per heavy atom. The van der Waals surface area contributed by atoms with Crippen LogP contribution in [0.3, 0.4) is 0 Å². The van der Waals surface area contributed by atoms with Crippen LogP contribution in [0.4, 0.5) is 10.9 Å². The van der Waals surface area contributed by atoms with Gasteiger partial charge in [0, 0.05) is 26.7 Å². The van der Waals surface area contributed by atoms with Gasteiger partial charge in [-0.3, -0.25) is 4.79 Å². The van der Waals surface area contributed by atoms with Crippen LogP contribution in [0.15, 0.2) is 0 Å². The largest absolute Gasteiger partial charge is 0.382 e. The Kier molecular flexibility index (Phi) is 6.45. The van der Waals surface area contributed by atoms with Crippen LogP contribution >= 0.6 is 11.3 Å². The summed E-state index contributed by atoms with van der Waals surface area (Å²) in [5.41, 5.74) is 5.96. The first kappa shape index (κ1) is 17.8. The van der Waals surface area contributed by atoms with Crippen molar-refractivity contribution in [1.82, 2.24) is 9.88 Å². The van der Waals surface area contributed by atoms with E-state index in [4.69, 9.17) is 5.73 Å². The minimum absolute atomic E-state index is 0.0144. The zero-order chi connectivity index (χ0) is 16.2. The summed E-state index contributed by atoms with van der Waals surface area (Å²) < 4.78 is 0. The molecule has 0 spiro atoms. The van der Waals surface area contributed by atoms with Crippen molar-refractivity contribution in [3.63, 3.8) is 0 Å². The van der Waals surface area contributed by atoms with Gasteiger partial charge in [-0.25, -0.2) is 4.98 Å². The highest BCUT2D eigenvalue weighted by atomic mass is 32.1. The number of carbonyl (C=O) groups excluding carboxylic acids is 1. The Morgan fingerprint density at radius 1 is 1.29 bits per heavy atom. The van der Waals surface area contributed by atoms with Crippen molar-refractivity contribution < 1.29 is 4.79 Å². The molecular weight excluding hydrogens is 284 g/mol. The van der Waals surface area contributed by atoms with Crippen molar-refractivity contribution in [3.8, 4) is 0 Å². The van der Waals surface area contributed by atoms with Gasteiger partial charge in [0.2, 0.25) is 0 Å². The normalized spacial score (nSPS) is 11.2. The van der Waals surface area contributed by atoms with E-state index in [1.807, 2.05) is 23.9 Å². The van der Waals surface area contributed by atoms with Crippen molar-refractivity contribution in [1.29, 1.82) is 0 Å². The summed E-state index contributed by atoms with van der Waals surface area (Å²) in [6.45, 7) is 9.25. The molecule has 2 N–H and O–H groups in total. The maximum absolute atomic E-state index is 12.9. The Bertz CT molecular complexity index is 466. The number of hydrogen-bond donors (Lipinski definition) is 1. The standard InChI is InChI=1S/C15H28N4OS/c1-7-11(8-2)19(9-10(3)4)14(20)12-13(16)17-15(21-12)18(5)6/h10-11H,7-9,16H2,1-6H3. The molecule has 1 aromatic rings. The van der Waals surface area contributed by atoms with Gasteiger partial charge >= 0.3 is 0 Å². The summed E-state index contributed by atoms with van der Waals surface area (Å²) in [6.07, 6.45) is 1.91. The van der Waals surface area contributed by atoms with Crippen molar-refractivity contribution >= 4 is 28.2 Å². The minimum atomic E-state index is 0.0144. The van der Waals surface area contributed by atoms with Crippen LogP contribution in [0, 0.1) is 5.92 Å². The number of anilines is 2. The van der Waals surface area contributed by atoms with Gasteiger partial charge in [0.15, 0.2) is 5.13 Å². The third-order valence-corrected chi connectivity index (χ3v) is 4.65. The van der Waals surface area contributed by atoms with Gasteiger partial charge in [-0.1, -0.05) is 39.0 Å². The quantitative estimate of drug-likeness (QED) is 0.840. The van der Waals surface area contributed by atoms with Crippen LogP contribution in [-0.2, 0) is 0 Å². The van der Waals surface area contributed by atoms with Crippen LogP contribution in [-0.4, -0.2) is 42.5 Å². The first-order valence-corrected chi connectivity index (χ1v) is 8.37. The van der Waals surface area contributed by atoms with Gasteiger partial charge in [-0.2, -0.15) is 0 Å². The Hall–Kier alpha value is -1.30. The van der Waals surface area contributed by atoms with Gasteiger partial charge in [0.05, 0.1) is 0 Å². The number of nitrogens with zero attached hydrogens (tertiary/aromatic N) is 3. The molecular formula is C15H28N4OS. The van der Waals surface area contributed by atoms with Crippen LogP contribution in [0.2, 0.25) is 0 Å². The van der Waals surface area contributed by atoms with E-state index in [0.29, 0.717) is 16.6 Å². The molecule has 120 valence electrons. The molecule has 5 nitrogen and oxygen atoms in total. The number of carbonyl (C=O) groups is 1. The molecule has 0 aliphatic heterocycles. The van der Waals surface area contributed by atoms with Crippen LogP contribution in [0.1, 0.15) is 50.2 Å². The Balaban J connectivity index is 3.09. The zero-order valence-corrected chi connectivity index (χ0v) is 14.8. The molecule has 0 saturated carbocycles. The smallest absolute Gasteiger partial charge is 0.268 e. The highest BCUT2D eigenvalue weighted by molar-refractivity contribution is 7.18. The van der Waals surface area contributed by atoms with Crippen molar-refractivity contribution in [2.45, 2.75) is 46.6 Å². The number of nitrogens with two attached hydrogens (primary N) is 1. The van der Waals surface area contributed by atoms with Gasteiger partial charge in [0.1, 0.15) is 10.7 Å². The molecule has 1 rings (SSSR count). The molecule has 0 bridgehead atoms. The van der Waals surface area contributed by atoms with Crippen molar-refractivity contribution in [2.24, 2.45) is 5.92 Å². The van der Waals surface area contributed by atoms with E-state index in [2.05, 4.69) is 32.7 Å². The number of aromatic nitrogens is 1. The van der Waals surface area contributed by atoms with E-state index in [-0.39, 0.29) is 11.9 Å². The number of rotatable bonds is 7. The molecule has 0 aliphatic rings. The van der Waals surface area contributed by atoms with E-state index < -0.39 is 0 Å². The lowest BCUT2D eigenvalue weighted by molar-refractivity contribution is 0.0646. The summed E-state index contributed by atoms with van der Waals surface area (Å²) in [5, 5.41) is 0.768. The van der Waals surface area contributed by atoms with E-state index in [1.165, 1.54) is 11.3 Å². The molecule has 0 aliphatic carbocycles. The topological polar surface area (TPSA) is 62.5 Å². The molecule has 1 amide bonds. The fraction of sp³-hybridized carbons (Fsp3) is 0.733. The second-order valence-electron chi connectivity index (χ2n) is 5.93. The fourth-order valence-electron chi connectivity index (χ4n) is 2.32. The lowest BCUT2D eigenvalue weighted by Gasteiger charge is -2.31. The van der Waals surface area contributed by atoms with E-state index in [0.717, 1.165) is 24.5 Å². The lowest BCUT2D eigenvalue weighted by Crippen LogP contribution is -2.42. The molecule has 0 fully saturated rings. The number of hydrogen-bond acceptors (Lipinski definition) is 5. The maximum Gasteiger partial charge on any atom is 0.268 e. The molecule has 0 atom stereocenters. The number of amides is 1. The molecule has 0 radical (unpaired) electrons. The summed E-state index contributed by atoms with van der Waals surface area (Å²) in [7, 11) is 3.80. The number of thiazole rings is 1. The second kappa shape index (κ2) is 7.64. The molecule has 0 unspecified atom stereocenters. The summed E-state index contributed by atoms with van der Waals surface area (Å²) >= 11 is 1.37. The Morgan fingerprint density at radius 3 is 2.24 bits per heavy atom. The highest BCUT2D eigenvalue weighted by Crippen LogP contribution is 2.29. The van der Waals surface area contributed by atoms with E-state index in [1.54, 1.807) is 0 Å². The van der Waals surface area contributed by atoms with Gasteiger partial charge in [0.25, 0.3) is 5.91 Å². The molecule has 1 heterocycles. The van der Waals surface area contributed by atoms with E-state index in [9.17, 15) is 4.79 Å². The van der Waals surface area contributed by atoms with Crippen LogP contribution in [0.5, 0.6) is 0 Å². The van der Waals surface area contributed by atoms with Crippen LogP contribution in [0.25, 0.3) is 0 Å². The average Bonchev–Trinajstić information content (AvgIpc) is 2.80. The van der Waals surface area contributed by atoms with Gasteiger partial charge < -0.3 is 15.5 Å².